The molecule has 0 bridgehead atoms. The molecule has 3 aromatic rings. The first-order valence-corrected chi connectivity index (χ1v) is 10.6. The molecule has 162 valence electrons. The Bertz CT molecular complexity index is 1160. The van der Waals surface area contributed by atoms with Crippen LogP contribution < -0.4 is 20.1 Å². The fourth-order valence-electron chi connectivity index (χ4n) is 3.95. The number of nitrogens with one attached hydrogen (secondary N) is 2. The molecule has 5 rings (SSSR count). The average Bonchev–Trinajstić information content (AvgIpc) is 3.55. The van der Waals surface area contributed by atoms with Gasteiger partial charge in [0.25, 0.3) is 17.6 Å². The molecule has 7 heteroatoms. The molecule has 1 saturated carbocycles. The minimum atomic E-state index is -0.570. The molecular weight excluding hydrogens is 408 g/mol. The molecule has 1 aliphatic carbocycles. The summed E-state index contributed by atoms with van der Waals surface area (Å²) >= 11 is 0. The van der Waals surface area contributed by atoms with Crippen molar-refractivity contribution >= 4 is 23.6 Å². The molecule has 2 aromatic carbocycles. The Labute approximate surface area is 185 Å². The van der Waals surface area contributed by atoms with Gasteiger partial charge in [0, 0.05) is 36.2 Å². The second kappa shape index (κ2) is 8.26. The molecule has 2 amide bonds. The Hall–Kier alpha value is -4.00. The summed E-state index contributed by atoms with van der Waals surface area (Å²) in [5.41, 5.74) is 1.03. The quantitative estimate of drug-likeness (QED) is 0.571. The predicted octanol–water partition coefficient (Wildman–Crippen LogP) is 4.73. The summed E-state index contributed by atoms with van der Waals surface area (Å²) in [5.74, 6) is 0.270. The highest BCUT2D eigenvalue weighted by atomic mass is 16.7. The van der Waals surface area contributed by atoms with Crippen LogP contribution in [0.15, 0.2) is 77.0 Å². The predicted molar refractivity (Wildman–Crippen MR) is 118 cm³/mol. The van der Waals surface area contributed by atoms with Gasteiger partial charge in [0.15, 0.2) is 11.5 Å². The minimum Gasteiger partial charge on any atom is -0.465 e. The van der Waals surface area contributed by atoms with E-state index in [1.54, 1.807) is 54.6 Å². The third-order valence-corrected chi connectivity index (χ3v) is 5.52. The monoisotopic (exact) mass is 430 g/mol. The molecule has 1 aromatic heterocycles. The number of fused-ring (bicyclic) bond motifs is 1. The van der Waals surface area contributed by atoms with Gasteiger partial charge in [-0.1, -0.05) is 18.2 Å². The summed E-state index contributed by atoms with van der Waals surface area (Å²) < 4.78 is 17.4. The SMILES string of the molecule is O=C(Nc1ccc2c(c1)OC1(CCCC1)O2)/C(=C/c1ccco1)NC(=O)c1ccccc1. The van der Waals surface area contributed by atoms with E-state index in [0.717, 1.165) is 25.7 Å². The van der Waals surface area contributed by atoms with E-state index in [1.165, 1.54) is 12.3 Å². The van der Waals surface area contributed by atoms with Crippen molar-refractivity contribution in [2.75, 3.05) is 5.32 Å². The lowest BCUT2D eigenvalue weighted by molar-refractivity contribution is -0.113. The van der Waals surface area contributed by atoms with Crippen molar-refractivity contribution in [1.82, 2.24) is 5.32 Å². The van der Waals surface area contributed by atoms with Crippen LogP contribution in [0.2, 0.25) is 0 Å². The Morgan fingerprint density at radius 2 is 1.69 bits per heavy atom. The van der Waals surface area contributed by atoms with Crippen molar-refractivity contribution in [2.24, 2.45) is 0 Å². The average molecular weight is 430 g/mol. The molecule has 7 nitrogen and oxygen atoms in total. The fourth-order valence-corrected chi connectivity index (χ4v) is 3.95. The number of furan rings is 1. The van der Waals surface area contributed by atoms with Crippen molar-refractivity contribution in [1.29, 1.82) is 0 Å². The first-order valence-electron chi connectivity index (χ1n) is 10.6. The van der Waals surface area contributed by atoms with Gasteiger partial charge >= 0.3 is 0 Å². The largest absolute Gasteiger partial charge is 0.465 e. The highest BCUT2D eigenvalue weighted by molar-refractivity contribution is 6.10. The van der Waals surface area contributed by atoms with Gasteiger partial charge < -0.3 is 24.5 Å². The maximum Gasteiger partial charge on any atom is 0.272 e. The second-order valence-corrected chi connectivity index (χ2v) is 7.83. The molecule has 0 atom stereocenters. The van der Waals surface area contributed by atoms with Gasteiger partial charge in [-0.3, -0.25) is 9.59 Å². The van der Waals surface area contributed by atoms with Crippen molar-refractivity contribution in [3.8, 4) is 11.5 Å². The molecular formula is C25H22N2O5. The summed E-state index contributed by atoms with van der Waals surface area (Å²) in [6.07, 6.45) is 6.82. The van der Waals surface area contributed by atoms with Gasteiger partial charge in [-0.05, 0) is 49.2 Å². The summed E-state index contributed by atoms with van der Waals surface area (Å²) in [4.78, 5) is 25.7. The Kier molecular flexibility index (Phi) is 5.15. The molecule has 1 aliphatic heterocycles. The maximum absolute atomic E-state index is 13.0. The molecule has 0 unspecified atom stereocenters. The van der Waals surface area contributed by atoms with Crippen molar-refractivity contribution in [3.63, 3.8) is 0 Å². The van der Waals surface area contributed by atoms with Crippen LogP contribution in [-0.4, -0.2) is 17.6 Å². The number of hydrogen-bond donors (Lipinski definition) is 2. The van der Waals surface area contributed by atoms with E-state index in [2.05, 4.69) is 10.6 Å². The number of rotatable bonds is 5. The molecule has 1 spiro atoms. The van der Waals surface area contributed by atoms with Crippen LogP contribution in [-0.2, 0) is 4.79 Å². The molecule has 2 aliphatic rings. The normalized spacial score (nSPS) is 16.2. The van der Waals surface area contributed by atoms with Gasteiger partial charge in [0.1, 0.15) is 11.5 Å². The van der Waals surface area contributed by atoms with Crippen LogP contribution in [0.5, 0.6) is 11.5 Å². The van der Waals surface area contributed by atoms with Gasteiger partial charge in [-0.25, -0.2) is 0 Å². The summed E-state index contributed by atoms with van der Waals surface area (Å²) in [7, 11) is 0. The first-order chi connectivity index (χ1) is 15.6. The number of carbonyl (C=O) groups excluding carboxylic acids is 2. The highest BCUT2D eigenvalue weighted by Crippen LogP contribution is 2.47. The van der Waals surface area contributed by atoms with E-state index in [4.69, 9.17) is 13.9 Å². The standard InChI is InChI=1S/C25H22N2O5/c28-23(17-7-2-1-3-8-17)27-20(16-19-9-6-14-30-19)24(29)26-18-10-11-21-22(15-18)32-25(31-21)12-4-5-13-25/h1-3,6-11,14-16H,4-5,12-13H2,(H,26,29)(H,27,28)/b20-16-. The Balaban J connectivity index is 1.35. The molecule has 1 fully saturated rings. The van der Waals surface area contributed by atoms with Crippen LogP contribution in [0, 0.1) is 0 Å². The maximum atomic E-state index is 13.0. The third-order valence-electron chi connectivity index (χ3n) is 5.52. The lowest BCUT2D eigenvalue weighted by atomic mass is 10.2. The minimum absolute atomic E-state index is 0.0544. The number of benzene rings is 2. The van der Waals surface area contributed by atoms with Crippen LogP contribution in [0.4, 0.5) is 5.69 Å². The van der Waals surface area contributed by atoms with Crippen LogP contribution in [0.25, 0.3) is 6.08 Å². The molecule has 2 heterocycles. The van der Waals surface area contributed by atoms with E-state index < -0.39 is 17.6 Å². The summed E-state index contributed by atoms with van der Waals surface area (Å²) in [6, 6.07) is 17.4. The van der Waals surface area contributed by atoms with Gasteiger partial charge in [0.05, 0.1) is 6.26 Å². The Morgan fingerprint density at radius 1 is 0.906 bits per heavy atom. The number of amides is 2. The van der Waals surface area contributed by atoms with Crippen LogP contribution in [0.1, 0.15) is 41.8 Å². The van der Waals surface area contributed by atoms with Crippen molar-refractivity contribution in [2.45, 2.75) is 31.5 Å². The molecule has 2 N–H and O–H groups in total. The highest BCUT2D eigenvalue weighted by Gasteiger charge is 2.44. The number of ether oxygens (including phenoxy) is 2. The summed E-state index contributed by atoms with van der Waals surface area (Å²) in [5, 5.41) is 5.50. The number of anilines is 1. The van der Waals surface area contributed by atoms with E-state index in [0.29, 0.717) is 28.5 Å². The van der Waals surface area contributed by atoms with E-state index in [-0.39, 0.29) is 5.70 Å². The fraction of sp³-hybridized carbons (Fsp3) is 0.200. The zero-order valence-corrected chi connectivity index (χ0v) is 17.3. The van der Waals surface area contributed by atoms with Crippen LogP contribution in [0.3, 0.4) is 0 Å². The smallest absolute Gasteiger partial charge is 0.272 e. The second-order valence-electron chi connectivity index (χ2n) is 7.83. The number of carbonyl (C=O) groups is 2. The lowest BCUT2D eigenvalue weighted by Crippen LogP contribution is -2.34. The molecule has 0 saturated heterocycles. The van der Waals surface area contributed by atoms with Crippen molar-refractivity contribution < 1.29 is 23.5 Å². The Morgan fingerprint density at radius 3 is 2.44 bits per heavy atom. The molecule has 32 heavy (non-hydrogen) atoms. The van der Waals surface area contributed by atoms with Crippen LogP contribution >= 0.6 is 0 Å². The lowest BCUT2D eigenvalue weighted by Gasteiger charge is -2.21. The zero-order valence-electron chi connectivity index (χ0n) is 17.3. The zero-order chi connectivity index (χ0) is 22.0. The van der Waals surface area contributed by atoms with Gasteiger partial charge in [0.2, 0.25) is 0 Å². The van der Waals surface area contributed by atoms with Crippen molar-refractivity contribution in [3.05, 3.63) is 83.9 Å². The first kappa shape index (κ1) is 19.9. The number of hydrogen-bond acceptors (Lipinski definition) is 5. The molecule has 0 radical (unpaired) electrons. The van der Waals surface area contributed by atoms with E-state index in [9.17, 15) is 9.59 Å². The topological polar surface area (TPSA) is 89.8 Å². The summed E-state index contributed by atoms with van der Waals surface area (Å²) in [6.45, 7) is 0. The van der Waals surface area contributed by atoms with Gasteiger partial charge in [-0.2, -0.15) is 0 Å². The van der Waals surface area contributed by atoms with E-state index >= 15 is 0 Å². The third kappa shape index (κ3) is 4.09. The van der Waals surface area contributed by atoms with Gasteiger partial charge in [-0.15, -0.1) is 0 Å². The van der Waals surface area contributed by atoms with E-state index in [1.807, 2.05) is 6.07 Å².